The van der Waals surface area contributed by atoms with Crippen LogP contribution in [0, 0.1) is 0 Å². The first-order chi connectivity index (χ1) is 15.5. The van der Waals surface area contributed by atoms with Crippen molar-refractivity contribution < 1.29 is 14.3 Å². The first-order valence-corrected chi connectivity index (χ1v) is 11.5. The number of rotatable bonds is 5. The highest BCUT2D eigenvalue weighted by Crippen LogP contribution is 2.31. The lowest BCUT2D eigenvalue weighted by atomic mass is 10.2. The number of hydrogen-bond acceptors (Lipinski definition) is 4. The van der Waals surface area contributed by atoms with Crippen LogP contribution >= 0.6 is 39.3 Å². The molecule has 4 rings (SSSR count). The summed E-state index contributed by atoms with van der Waals surface area (Å²) >= 11 is 10.4. The van der Waals surface area contributed by atoms with Gasteiger partial charge >= 0.3 is 0 Å². The lowest BCUT2D eigenvalue weighted by molar-refractivity contribution is -0.115. The summed E-state index contributed by atoms with van der Waals surface area (Å²) in [5, 5.41) is 3.39. The summed E-state index contributed by atoms with van der Waals surface area (Å²) in [6.45, 7) is 0.403. The quantitative estimate of drug-likeness (QED) is 0.408. The molecule has 0 spiro atoms. The molecule has 0 bridgehead atoms. The maximum atomic E-state index is 12.5. The molecule has 0 saturated carbocycles. The van der Waals surface area contributed by atoms with Crippen molar-refractivity contribution in [1.82, 2.24) is 5.32 Å². The second-order valence-corrected chi connectivity index (χ2v) is 9.13. The standard InChI is InChI=1S/C24H16BrClN2O3S/c25-18-8-11-20(31-14-15-4-2-1-3-5-15)17(12-18)13-21-23(30)28-24(32-21)27-22(29)16-6-9-19(26)10-7-16/h1-13H,14H2,(H,27,28,29,30)/b21-13-. The van der Waals surface area contributed by atoms with Gasteiger partial charge in [0.15, 0.2) is 5.17 Å². The van der Waals surface area contributed by atoms with E-state index in [1.807, 2.05) is 48.5 Å². The molecule has 0 radical (unpaired) electrons. The molecule has 3 aromatic carbocycles. The summed E-state index contributed by atoms with van der Waals surface area (Å²) in [6, 6.07) is 21.8. The van der Waals surface area contributed by atoms with Gasteiger partial charge in [0.05, 0.1) is 4.91 Å². The van der Waals surface area contributed by atoms with Gasteiger partial charge in [-0.1, -0.05) is 57.9 Å². The fourth-order valence-electron chi connectivity index (χ4n) is 2.87. The smallest absolute Gasteiger partial charge is 0.279 e. The van der Waals surface area contributed by atoms with Crippen molar-refractivity contribution in [2.75, 3.05) is 0 Å². The van der Waals surface area contributed by atoms with E-state index in [-0.39, 0.29) is 11.1 Å². The van der Waals surface area contributed by atoms with E-state index in [0.29, 0.717) is 27.8 Å². The van der Waals surface area contributed by atoms with Crippen LogP contribution in [-0.2, 0) is 11.4 Å². The van der Waals surface area contributed by atoms with Gasteiger partial charge in [0.25, 0.3) is 11.8 Å². The Morgan fingerprint density at radius 1 is 1.09 bits per heavy atom. The van der Waals surface area contributed by atoms with Crippen molar-refractivity contribution in [3.8, 4) is 5.75 Å². The predicted molar refractivity (Wildman–Crippen MR) is 132 cm³/mol. The van der Waals surface area contributed by atoms with Crippen LogP contribution < -0.4 is 10.1 Å². The van der Waals surface area contributed by atoms with E-state index in [9.17, 15) is 9.59 Å². The van der Waals surface area contributed by atoms with Crippen molar-refractivity contribution in [2.24, 2.45) is 4.99 Å². The molecule has 32 heavy (non-hydrogen) atoms. The molecule has 160 valence electrons. The number of aliphatic imine (C=N–C) groups is 1. The highest BCUT2D eigenvalue weighted by Gasteiger charge is 2.25. The molecule has 1 fully saturated rings. The molecule has 1 N–H and O–H groups in total. The second kappa shape index (κ2) is 10.2. The summed E-state index contributed by atoms with van der Waals surface area (Å²) in [5.41, 5.74) is 2.16. The summed E-state index contributed by atoms with van der Waals surface area (Å²) in [7, 11) is 0. The predicted octanol–water partition coefficient (Wildman–Crippen LogP) is 6.08. The molecule has 8 heteroatoms. The number of hydrogen-bond donors (Lipinski definition) is 1. The van der Waals surface area contributed by atoms with Crippen LogP contribution in [0.25, 0.3) is 6.08 Å². The van der Waals surface area contributed by atoms with Gasteiger partial charge in [-0.25, -0.2) is 0 Å². The number of amides is 2. The molecule has 2 amide bonds. The van der Waals surface area contributed by atoms with Gasteiger partial charge in [-0.3, -0.25) is 9.59 Å². The minimum absolute atomic E-state index is 0.225. The van der Waals surface area contributed by atoms with Crippen LogP contribution in [-0.4, -0.2) is 17.0 Å². The molecule has 1 aliphatic rings. The van der Waals surface area contributed by atoms with Gasteiger partial charge in [-0.05, 0) is 65.9 Å². The first-order valence-electron chi connectivity index (χ1n) is 9.54. The maximum absolute atomic E-state index is 12.5. The Morgan fingerprint density at radius 2 is 1.84 bits per heavy atom. The Bertz CT molecular complexity index is 1230. The van der Waals surface area contributed by atoms with Crippen molar-refractivity contribution >= 4 is 62.4 Å². The Hall–Kier alpha value is -2.87. The van der Waals surface area contributed by atoms with Crippen LogP contribution in [0.2, 0.25) is 5.02 Å². The van der Waals surface area contributed by atoms with Gasteiger partial charge in [-0.2, -0.15) is 4.99 Å². The normalized spacial score (nSPS) is 15.8. The molecule has 5 nitrogen and oxygen atoms in total. The summed E-state index contributed by atoms with van der Waals surface area (Å²) in [5.74, 6) is -0.146. The van der Waals surface area contributed by atoms with Crippen molar-refractivity contribution in [2.45, 2.75) is 6.61 Å². The van der Waals surface area contributed by atoms with E-state index in [2.05, 4.69) is 26.2 Å². The van der Waals surface area contributed by atoms with E-state index < -0.39 is 5.91 Å². The summed E-state index contributed by atoms with van der Waals surface area (Å²) < 4.78 is 6.83. The highest BCUT2D eigenvalue weighted by atomic mass is 79.9. The first kappa shape index (κ1) is 22.3. The third-order valence-electron chi connectivity index (χ3n) is 4.44. The number of ether oxygens (including phenoxy) is 1. The molecule has 1 aliphatic heterocycles. The van der Waals surface area contributed by atoms with Crippen molar-refractivity contribution in [3.05, 3.63) is 104 Å². The fraction of sp³-hybridized carbons (Fsp3) is 0.0417. The lowest BCUT2D eigenvalue weighted by Crippen LogP contribution is -2.20. The Balaban J connectivity index is 1.53. The molecule has 0 unspecified atom stereocenters. The van der Waals surface area contributed by atoms with Crippen LogP contribution in [0.1, 0.15) is 21.5 Å². The van der Waals surface area contributed by atoms with E-state index in [0.717, 1.165) is 27.4 Å². The topological polar surface area (TPSA) is 67.8 Å². The minimum atomic E-state index is -0.458. The van der Waals surface area contributed by atoms with Gasteiger partial charge in [0, 0.05) is 20.6 Å². The number of benzene rings is 3. The Morgan fingerprint density at radius 3 is 2.59 bits per heavy atom. The van der Waals surface area contributed by atoms with E-state index in [1.54, 1.807) is 30.3 Å². The zero-order valence-corrected chi connectivity index (χ0v) is 19.7. The maximum Gasteiger partial charge on any atom is 0.279 e. The molecule has 0 aliphatic carbocycles. The average Bonchev–Trinajstić information content (AvgIpc) is 3.12. The number of halogens is 2. The van der Waals surface area contributed by atoms with E-state index in [1.165, 1.54) is 0 Å². The van der Waals surface area contributed by atoms with Crippen LogP contribution in [0.4, 0.5) is 0 Å². The van der Waals surface area contributed by atoms with Crippen molar-refractivity contribution in [1.29, 1.82) is 0 Å². The molecule has 1 heterocycles. The van der Waals surface area contributed by atoms with Crippen LogP contribution in [0.5, 0.6) is 5.75 Å². The van der Waals surface area contributed by atoms with Gasteiger partial charge in [-0.15, -0.1) is 0 Å². The monoisotopic (exact) mass is 526 g/mol. The number of amidine groups is 1. The molecule has 0 atom stereocenters. The summed E-state index contributed by atoms with van der Waals surface area (Å²) in [4.78, 5) is 29.3. The van der Waals surface area contributed by atoms with Crippen LogP contribution in [0.15, 0.2) is 87.2 Å². The fourth-order valence-corrected chi connectivity index (χ4v) is 4.18. The van der Waals surface area contributed by atoms with Gasteiger partial charge in [0.2, 0.25) is 0 Å². The van der Waals surface area contributed by atoms with Gasteiger partial charge in [0.1, 0.15) is 12.4 Å². The third-order valence-corrected chi connectivity index (χ3v) is 6.10. The largest absolute Gasteiger partial charge is 0.488 e. The zero-order chi connectivity index (χ0) is 22.5. The molecular weight excluding hydrogens is 512 g/mol. The SMILES string of the molecule is O=C1NC(=NC(=O)c2ccc(Cl)cc2)S/C1=C\c1cc(Br)ccc1OCc1ccccc1. The second-order valence-electron chi connectivity index (χ2n) is 6.75. The number of carbonyl (C=O) groups excluding carboxylic acids is 2. The molecule has 1 saturated heterocycles. The molecule has 3 aromatic rings. The average molecular weight is 528 g/mol. The number of nitrogens with one attached hydrogen (secondary N) is 1. The number of nitrogens with zero attached hydrogens (tertiary/aromatic N) is 1. The lowest BCUT2D eigenvalue weighted by Gasteiger charge is -2.10. The van der Waals surface area contributed by atoms with E-state index >= 15 is 0 Å². The molecular formula is C24H16BrClN2O3S. The molecule has 0 aromatic heterocycles. The Kier molecular flexibility index (Phi) is 7.09. The summed E-state index contributed by atoms with van der Waals surface area (Å²) in [6.07, 6.45) is 1.72. The number of thioether (sulfide) groups is 1. The van der Waals surface area contributed by atoms with Crippen LogP contribution in [0.3, 0.4) is 0 Å². The zero-order valence-electron chi connectivity index (χ0n) is 16.5. The number of carbonyl (C=O) groups is 2. The van der Waals surface area contributed by atoms with Gasteiger partial charge < -0.3 is 10.1 Å². The van der Waals surface area contributed by atoms with E-state index in [4.69, 9.17) is 16.3 Å². The Labute approximate surface area is 202 Å². The van der Waals surface area contributed by atoms with Crippen molar-refractivity contribution in [3.63, 3.8) is 0 Å². The minimum Gasteiger partial charge on any atom is -0.488 e. The third kappa shape index (κ3) is 5.68. The highest BCUT2D eigenvalue weighted by molar-refractivity contribution is 9.10.